The zero-order valence-corrected chi connectivity index (χ0v) is 47.2. The van der Waals surface area contributed by atoms with Crippen LogP contribution in [0.3, 0.4) is 0 Å². The Morgan fingerprint density at radius 3 is 0.958 bits per heavy atom. The van der Waals surface area contributed by atoms with E-state index < -0.39 is 6.10 Å². The van der Waals surface area contributed by atoms with Gasteiger partial charge in [-0.3, -0.25) is 14.4 Å². The van der Waals surface area contributed by atoms with Crippen LogP contribution in [0.25, 0.3) is 0 Å². The molecule has 0 N–H and O–H groups in total. The summed E-state index contributed by atoms with van der Waals surface area (Å²) in [4.78, 5) is 38.2. The van der Waals surface area contributed by atoms with Crippen molar-refractivity contribution >= 4 is 17.9 Å². The van der Waals surface area contributed by atoms with Crippen molar-refractivity contribution in [1.29, 1.82) is 0 Å². The van der Waals surface area contributed by atoms with E-state index in [0.29, 0.717) is 19.3 Å². The Bertz CT molecular complexity index is 1430. The summed E-state index contributed by atoms with van der Waals surface area (Å²) in [5, 5.41) is 0. The maximum Gasteiger partial charge on any atom is 0.306 e. The fraction of sp³-hybridized carbons (Fsp3) is 0.712. The normalized spacial score (nSPS) is 12.8. The van der Waals surface area contributed by atoms with Crippen LogP contribution in [0, 0.1) is 0 Å². The van der Waals surface area contributed by atoms with Gasteiger partial charge in [-0.05, 0) is 116 Å². The highest BCUT2D eigenvalue weighted by Crippen LogP contribution is 2.15. The van der Waals surface area contributed by atoms with E-state index in [4.69, 9.17) is 14.2 Å². The molecule has 0 amide bonds. The fourth-order valence-electron chi connectivity index (χ4n) is 8.28. The molecule has 0 spiro atoms. The Morgan fingerprint density at radius 2 is 0.583 bits per heavy atom. The van der Waals surface area contributed by atoms with Crippen LogP contribution < -0.4 is 0 Å². The van der Waals surface area contributed by atoms with Gasteiger partial charge < -0.3 is 14.2 Å². The number of hydrogen-bond acceptors (Lipinski definition) is 6. The molecule has 0 aliphatic heterocycles. The number of unbranched alkanes of at least 4 members (excludes halogenated alkanes) is 28. The molecule has 0 aromatic carbocycles. The van der Waals surface area contributed by atoms with Crippen molar-refractivity contribution in [3.05, 3.63) is 97.2 Å². The van der Waals surface area contributed by atoms with Crippen molar-refractivity contribution in [2.75, 3.05) is 13.2 Å². The van der Waals surface area contributed by atoms with E-state index in [2.05, 4.69) is 118 Å². The van der Waals surface area contributed by atoms with E-state index in [1.807, 2.05) is 0 Å². The fourth-order valence-corrected chi connectivity index (χ4v) is 8.28. The molecule has 0 aliphatic rings. The van der Waals surface area contributed by atoms with Crippen LogP contribution >= 0.6 is 0 Å². The Balaban J connectivity index is 4.49. The monoisotopic (exact) mass is 1000 g/mol. The molecule has 0 aliphatic carbocycles. The van der Waals surface area contributed by atoms with Gasteiger partial charge in [-0.25, -0.2) is 0 Å². The highest BCUT2D eigenvalue weighted by Gasteiger charge is 2.19. The topological polar surface area (TPSA) is 78.9 Å². The Hall–Kier alpha value is -3.67. The van der Waals surface area contributed by atoms with Crippen molar-refractivity contribution in [2.45, 2.75) is 290 Å². The first-order valence-corrected chi connectivity index (χ1v) is 30.3. The quantitative estimate of drug-likeness (QED) is 0.0199. The van der Waals surface area contributed by atoms with Crippen LogP contribution in [0.1, 0.15) is 284 Å². The smallest absolute Gasteiger partial charge is 0.306 e. The van der Waals surface area contributed by atoms with Gasteiger partial charge in [0.15, 0.2) is 6.10 Å². The van der Waals surface area contributed by atoms with Crippen LogP contribution in [0.2, 0.25) is 0 Å². The van der Waals surface area contributed by atoms with Crippen molar-refractivity contribution in [2.24, 2.45) is 0 Å². The second kappa shape index (κ2) is 59.9. The van der Waals surface area contributed by atoms with E-state index in [9.17, 15) is 14.4 Å². The summed E-state index contributed by atoms with van der Waals surface area (Å²) >= 11 is 0. The van der Waals surface area contributed by atoms with Gasteiger partial charge in [0.25, 0.3) is 0 Å². The average Bonchev–Trinajstić information content (AvgIpc) is 3.38. The van der Waals surface area contributed by atoms with Gasteiger partial charge in [0, 0.05) is 19.3 Å². The van der Waals surface area contributed by atoms with Gasteiger partial charge in [0.1, 0.15) is 13.2 Å². The first-order chi connectivity index (χ1) is 35.5. The van der Waals surface area contributed by atoms with Crippen LogP contribution in [0.4, 0.5) is 0 Å². The van der Waals surface area contributed by atoms with Gasteiger partial charge in [-0.2, -0.15) is 0 Å². The second-order valence-corrected chi connectivity index (χ2v) is 19.9. The first-order valence-electron chi connectivity index (χ1n) is 30.3. The summed E-state index contributed by atoms with van der Waals surface area (Å²) < 4.78 is 16.9. The van der Waals surface area contributed by atoms with Gasteiger partial charge in [0.05, 0.1) is 0 Å². The summed E-state index contributed by atoms with van der Waals surface area (Å²) in [5.74, 6) is -0.958. The predicted octanol–water partition coefficient (Wildman–Crippen LogP) is 20.5. The molecule has 0 saturated heterocycles. The highest BCUT2D eigenvalue weighted by molar-refractivity contribution is 5.71. The SMILES string of the molecule is CC/C=C\C/C=C\C/C=C\C/C=C\C/C=C\CCCCCC(=O)OCC(COC(=O)CCCCC/C=C\C=C/CCCCCCCCC)OC(=O)CCCCCCCCC/C=C\CCCCCCCCCC. The van der Waals surface area contributed by atoms with Crippen LogP contribution in [0.5, 0.6) is 0 Å². The largest absolute Gasteiger partial charge is 0.462 e. The third kappa shape index (κ3) is 57.2. The zero-order chi connectivity index (χ0) is 52.2. The van der Waals surface area contributed by atoms with E-state index in [1.165, 1.54) is 135 Å². The molecule has 0 heterocycles. The van der Waals surface area contributed by atoms with Crippen molar-refractivity contribution in [3.63, 3.8) is 0 Å². The van der Waals surface area contributed by atoms with E-state index in [0.717, 1.165) is 109 Å². The Morgan fingerprint density at radius 1 is 0.306 bits per heavy atom. The van der Waals surface area contributed by atoms with E-state index in [-0.39, 0.29) is 31.1 Å². The average molecular weight is 1000 g/mol. The number of hydrogen-bond donors (Lipinski definition) is 0. The molecule has 412 valence electrons. The minimum absolute atomic E-state index is 0.104. The lowest BCUT2D eigenvalue weighted by molar-refractivity contribution is -0.167. The molecule has 6 nitrogen and oxygen atoms in total. The Kier molecular flexibility index (Phi) is 56.8. The lowest BCUT2D eigenvalue weighted by Crippen LogP contribution is -2.30. The van der Waals surface area contributed by atoms with Crippen LogP contribution in [-0.4, -0.2) is 37.2 Å². The van der Waals surface area contributed by atoms with Crippen LogP contribution in [-0.2, 0) is 28.6 Å². The molecule has 6 heteroatoms. The van der Waals surface area contributed by atoms with Crippen molar-refractivity contribution in [1.82, 2.24) is 0 Å². The summed E-state index contributed by atoms with van der Waals surface area (Å²) in [7, 11) is 0. The number of allylic oxidation sites excluding steroid dienone is 16. The molecule has 1 unspecified atom stereocenters. The number of esters is 3. The van der Waals surface area contributed by atoms with E-state index >= 15 is 0 Å². The zero-order valence-electron chi connectivity index (χ0n) is 47.2. The number of carbonyl (C=O) groups excluding carboxylic acids is 3. The summed E-state index contributed by atoms with van der Waals surface area (Å²) in [5.41, 5.74) is 0. The standard InChI is InChI=1S/C66H112O6/c1-4-7-10-13-16-19-22-25-28-31-33-35-38-41-44-47-50-53-56-59-65(68)71-62-63(61-70-64(67)58-55-52-49-46-43-40-37-30-27-24-21-18-15-12-9-6-3)72-66(69)60-57-54-51-48-45-42-39-36-34-32-29-26-23-20-17-14-11-8-5-2/h7,10,16,19,25,28,30,32-35,37,40-41,43-44,63H,4-6,8-9,11-15,17-18,20-24,26-27,29,31,36,38-39,42,45-62H2,1-3H3/b10-7-,19-16-,28-25-,34-32-,35-33-,37-30-,43-40-,44-41-. The summed E-state index contributed by atoms with van der Waals surface area (Å²) in [6.45, 7) is 6.48. The van der Waals surface area contributed by atoms with Crippen molar-refractivity contribution < 1.29 is 28.6 Å². The summed E-state index contributed by atoms with van der Waals surface area (Å²) in [6, 6.07) is 0. The Labute approximate surface area is 445 Å². The maximum absolute atomic E-state index is 12.9. The molecule has 0 fully saturated rings. The van der Waals surface area contributed by atoms with Crippen LogP contribution in [0.15, 0.2) is 97.2 Å². The molecule has 0 saturated carbocycles. The minimum atomic E-state index is -0.806. The third-order valence-corrected chi connectivity index (χ3v) is 12.8. The number of ether oxygens (including phenoxy) is 3. The van der Waals surface area contributed by atoms with Crippen molar-refractivity contribution in [3.8, 4) is 0 Å². The maximum atomic E-state index is 12.9. The predicted molar refractivity (Wildman–Crippen MR) is 311 cm³/mol. The first kappa shape index (κ1) is 68.3. The molecule has 72 heavy (non-hydrogen) atoms. The van der Waals surface area contributed by atoms with Gasteiger partial charge in [-0.15, -0.1) is 0 Å². The van der Waals surface area contributed by atoms with Gasteiger partial charge in [-0.1, -0.05) is 246 Å². The molecular weight excluding hydrogens is 889 g/mol. The lowest BCUT2D eigenvalue weighted by atomic mass is 10.1. The highest BCUT2D eigenvalue weighted by atomic mass is 16.6. The molecule has 0 bridgehead atoms. The lowest BCUT2D eigenvalue weighted by Gasteiger charge is -2.18. The number of carbonyl (C=O) groups is 3. The second-order valence-electron chi connectivity index (χ2n) is 19.9. The van der Waals surface area contributed by atoms with Gasteiger partial charge in [0.2, 0.25) is 0 Å². The molecule has 0 aromatic rings. The molecule has 0 rings (SSSR count). The molecule has 0 radical (unpaired) electrons. The number of rotatable bonds is 54. The van der Waals surface area contributed by atoms with E-state index in [1.54, 1.807) is 0 Å². The third-order valence-electron chi connectivity index (χ3n) is 12.8. The molecule has 0 aromatic heterocycles. The van der Waals surface area contributed by atoms with Gasteiger partial charge >= 0.3 is 17.9 Å². The summed E-state index contributed by atoms with van der Waals surface area (Å²) in [6.07, 6.45) is 79.7. The molecular formula is C66H112O6. The molecule has 1 atom stereocenters. The minimum Gasteiger partial charge on any atom is -0.462 e.